The number of anilines is 1. The molecule has 116 valence electrons. The summed E-state index contributed by atoms with van der Waals surface area (Å²) in [6, 6.07) is 5.01. The topological polar surface area (TPSA) is 63.4 Å². The molecule has 2 rings (SSSR count). The summed E-state index contributed by atoms with van der Waals surface area (Å²) in [7, 11) is -1.54. The van der Waals surface area contributed by atoms with Crippen LogP contribution in [-0.4, -0.2) is 33.4 Å². The third-order valence-electron chi connectivity index (χ3n) is 3.79. The van der Waals surface area contributed by atoms with Gasteiger partial charge in [0.05, 0.1) is 20.7 Å². The predicted octanol–water partition coefficient (Wildman–Crippen LogP) is 2.82. The fourth-order valence-electron chi connectivity index (χ4n) is 2.55. The van der Waals surface area contributed by atoms with Gasteiger partial charge in [0.2, 0.25) is 5.91 Å². The molecule has 4 nitrogen and oxygen atoms in total. The molecule has 2 N–H and O–H groups in total. The maximum atomic E-state index is 12.7. The van der Waals surface area contributed by atoms with Crippen molar-refractivity contribution in [1.29, 1.82) is 0 Å². The van der Waals surface area contributed by atoms with Gasteiger partial charge in [-0.05, 0) is 31.9 Å². The van der Waals surface area contributed by atoms with Crippen LogP contribution in [0.3, 0.4) is 0 Å². The molecule has 1 aliphatic rings. The minimum atomic E-state index is -1.54. The highest BCUT2D eigenvalue weighted by atomic mass is 35.5. The minimum Gasteiger partial charge on any atom is -0.398 e. The predicted molar refractivity (Wildman–Crippen MR) is 86.8 cm³/mol. The number of hydrogen-bond donors (Lipinski definition) is 1. The zero-order chi connectivity index (χ0) is 15.4. The maximum Gasteiger partial charge on any atom is 0.238 e. The molecule has 1 aromatic carbocycles. The molecule has 1 fully saturated rings. The average Bonchev–Trinajstić information content (AvgIpc) is 2.74. The Morgan fingerprint density at radius 1 is 1.29 bits per heavy atom. The van der Waals surface area contributed by atoms with E-state index < -0.39 is 16.0 Å². The molecule has 1 amide bonds. The molecular weight excluding hydrogens is 308 g/mol. The van der Waals surface area contributed by atoms with Crippen LogP contribution < -0.4 is 5.73 Å². The molecule has 0 saturated carbocycles. The molecule has 21 heavy (non-hydrogen) atoms. The highest BCUT2D eigenvalue weighted by molar-refractivity contribution is 7.86. The second-order valence-electron chi connectivity index (χ2n) is 5.34. The van der Waals surface area contributed by atoms with Crippen molar-refractivity contribution in [3.63, 3.8) is 0 Å². The van der Waals surface area contributed by atoms with Crippen LogP contribution in [0.2, 0.25) is 5.02 Å². The molecule has 2 atom stereocenters. The van der Waals surface area contributed by atoms with E-state index in [1.165, 1.54) is 0 Å². The van der Waals surface area contributed by atoms with Crippen molar-refractivity contribution in [3.05, 3.63) is 23.2 Å². The molecule has 1 aromatic rings. The summed E-state index contributed by atoms with van der Waals surface area (Å²) in [5.41, 5.74) is 6.23. The van der Waals surface area contributed by atoms with Crippen molar-refractivity contribution in [3.8, 4) is 0 Å². The number of rotatable bonds is 3. The van der Waals surface area contributed by atoms with Gasteiger partial charge in [-0.2, -0.15) is 0 Å². The first-order valence-electron chi connectivity index (χ1n) is 7.25. The number of nitrogens with zero attached hydrogens (tertiary/aromatic N) is 1. The smallest absolute Gasteiger partial charge is 0.238 e. The van der Waals surface area contributed by atoms with Crippen molar-refractivity contribution in [2.45, 2.75) is 42.8 Å². The number of benzene rings is 1. The number of likely N-dealkylation sites (tertiary alicyclic amines) is 1. The Balaban J connectivity index is 2.16. The van der Waals surface area contributed by atoms with E-state index in [9.17, 15) is 9.00 Å². The van der Waals surface area contributed by atoms with Crippen LogP contribution in [0.25, 0.3) is 0 Å². The van der Waals surface area contributed by atoms with Gasteiger partial charge in [0, 0.05) is 18.8 Å². The van der Waals surface area contributed by atoms with E-state index in [0.29, 0.717) is 15.6 Å². The van der Waals surface area contributed by atoms with Gasteiger partial charge < -0.3 is 10.6 Å². The average molecular weight is 329 g/mol. The molecule has 0 aromatic heterocycles. The van der Waals surface area contributed by atoms with Crippen molar-refractivity contribution in [2.75, 3.05) is 18.8 Å². The number of carbonyl (C=O) groups excluding carboxylic acids is 1. The van der Waals surface area contributed by atoms with Crippen molar-refractivity contribution in [1.82, 2.24) is 4.90 Å². The van der Waals surface area contributed by atoms with Crippen LogP contribution >= 0.6 is 11.6 Å². The molecule has 6 heteroatoms. The number of hydrogen-bond acceptors (Lipinski definition) is 3. The van der Waals surface area contributed by atoms with E-state index in [2.05, 4.69) is 0 Å². The second-order valence-corrected chi connectivity index (χ2v) is 7.45. The molecule has 2 unspecified atom stereocenters. The first-order valence-corrected chi connectivity index (χ1v) is 8.85. The van der Waals surface area contributed by atoms with Gasteiger partial charge >= 0.3 is 0 Å². The minimum absolute atomic E-state index is 0.0745. The summed E-state index contributed by atoms with van der Waals surface area (Å²) in [5, 5.41) is -0.283. The summed E-state index contributed by atoms with van der Waals surface area (Å²) in [4.78, 5) is 14.7. The van der Waals surface area contributed by atoms with Crippen LogP contribution in [-0.2, 0) is 15.6 Å². The van der Waals surface area contributed by atoms with Crippen LogP contribution in [0, 0.1) is 0 Å². The van der Waals surface area contributed by atoms with Crippen LogP contribution in [0.15, 0.2) is 23.1 Å². The summed E-state index contributed by atoms with van der Waals surface area (Å²) in [6.07, 6.45) is 4.33. The Kier molecular flexibility index (Phi) is 5.65. The number of amides is 1. The van der Waals surface area contributed by atoms with Gasteiger partial charge in [-0.15, -0.1) is 0 Å². The molecule has 0 spiro atoms. The van der Waals surface area contributed by atoms with Crippen LogP contribution in [0.5, 0.6) is 0 Å². The fraction of sp³-hybridized carbons (Fsp3) is 0.533. The largest absolute Gasteiger partial charge is 0.398 e. The lowest BCUT2D eigenvalue weighted by Crippen LogP contribution is -2.40. The summed E-state index contributed by atoms with van der Waals surface area (Å²) in [6.45, 7) is 3.18. The first kappa shape index (κ1) is 16.3. The van der Waals surface area contributed by atoms with E-state index in [0.717, 1.165) is 38.8 Å². The third-order valence-corrected chi connectivity index (χ3v) is 5.91. The van der Waals surface area contributed by atoms with Gasteiger partial charge in [-0.25, -0.2) is 0 Å². The van der Waals surface area contributed by atoms with Gasteiger partial charge in [0.1, 0.15) is 5.25 Å². The Morgan fingerprint density at radius 3 is 2.48 bits per heavy atom. The van der Waals surface area contributed by atoms with E-state index in [-0.39, 0.29) is 5.91 Å². The lowest BCUT2D eigenvalue weighted by molar-refractivity contribution is -0.130. The summed E-state index contributed by atoms with van der Waals surface area (Å²) >= 11 is 6.09. The quantitative estimate of drug-likeness (QED) is 0.868. The number of halogens is 1. The van der Waals surface area contributed by atoms with E-state index >= 15 is 0 Å². The van der Waals surface area contributed by atoms with E-state index in [1.807, 2.05) is 4.90 Å². The molecule has 1 aliphatic heterocycles. The summed E-state index contributed by atoms with van der Waals surface area (Å²) in [5.74, 6) is -0.0745. The number of nitrogen functional groups attached to an aromatic ring is 1. The lowest BCUT2D eigenvalue weighted by atomic mass is 10.2. The fourth-order valence-corrected chi connectivity index (χ4v) is 4.21. The Bertz CT molecular complexity index is 522. The second kappa shape index (κ2) is 7.27. The van der Waals surface area contributed by atoms with E-state index in [1.54, 1.807) is 25.1 Å². The molecule has 0 aliphatic carbocycles. The first-order chi connectivity index (χ1) is 10.0. The van der Waals surface area contributed by atoms with E-state index in [4.69, 9.17) is 17.3 Å². The SMILES string of the molecule is CC(C(=O)N1CCCCCC1)S(=O)c1c(N)cccc1Cl. The lowest BCUT2D eigenvalue weighted by Gasteiger charge is -2.24. The van der Waals surface area contributed by atoms with Gasteiger partial charge in [0.25, 0.3) is 0 Å². The molecule has 1 heterocycles. The molecule has 0 radical (unpaired) electrons. The van der Waals surface area contributed by atoms with Gasteiger partial charge in [-0.1, -0.05) is 30.5 Å². The van der Waals surface area contributed by atoms with Crippen LogP contribution in [0.1, 0.15) is 32.6 Å². The molecule has 0 bridgehead atoms. The standard InChI is InChI=1S/C15H21ClN2O2S/c1-11(15(19)18-9-4-2-3-5-10-18)21(20)14-12(16)7-6-8-13(14)17/h6-8,11H,2-5,9-10,17H2,1H3. The monoisotopic (exact) mass is 328 g/mol. The Morgan fingerprint density at radius 2 is 1.90 bits per heavy atom. The summed E-state index contributed by atoms with van der Waals surface area (Å²) < 4.78 is 12.7. The maximum absolute atomic E-state index is 12.7. The highest BCUT2D eigenvalue weighted by Crippen LogP contribution is 2.28. The zero-order valence-corrected chi connectivity index (χ0v) is 13.8. The van der Waals surface area contributed by atoms with Crippen molar-refractivity contribution in [2.24, 2.45) is 0 Å². The normalized spacial score (nSPS) is 18.9. The molecule has 1 saturated heterocycles. The van der Waals surface area contributed by atoms with Gasteiger partial charge in [0.15, 0.2) is 0 Å². The zero-order valence-electron chi connectivity index (χ0n) is 12.2. The number of carbonyl (C=O) groups is 1. The van der Waals surface area contributed by atoms with Gasteiger partial charge in [-0.3, -0.25) is 9.00 Å². The number of nitrogens with two attached hydrogens (primary N) is 1. The third kappa shape index (κ3) is 3.77. The Labute approximate surface area is 133 Å². The van der Waals surface area contributed by atoms with Crippen molar-refractivity contribution < 1.29 is 9.00 Å². The van der Waals surface area contributed by atoms with Crippen LogP contribution in [0.4, 0.5) is 5.69 Å². The molecular formula is C15H21ClN2O2S. The Hall–Kier alpha value is -1.07. The van der Waals surface area contributed by atoms with Crippen molar-refractivity contribution >= 4 is 34.0 Å². The highest BCUT2D eigenvalue weighted by Gasteiger charge is 2.28.